The summed E-state index contributed by atoms with van der Waals surface area (Å²) in [6.45, 7) is 5.80. The van der Waals surface area contributed by atoms with E-state index in [2.05, 4.69) is 37.4 Å². The summed E-state index contributed by atoms with van der Waals surface area (Å²) < 4.78 is 5.16. The summed E-state index contributed by atoms with van der Waals surface area (Å²) in [5.41, 5.74) is 4.43. The van der Waals surface area contributed by atoms with Crippen LogP contribution in [-0.4, -0.2) is 37.0 Å². The van der Waals surface area contributed by atoms with Crippen molar-refractivity contribution in [3.63, 3.8) is 0 Å². The maximum absolute atomic E-state index is 12.8. The molecule has 0 aromatic heterocycles. The van der Waals surface area contributed by atoms with Gasteiger partial charge in [-0.1, -0.05) is 6.07 Å². The lowest BCUT2D eigenvalue weighted by atomic mass is 10.0. The lowest BCUT2D eigenvalue weighted by molar-refractivity contribution is 0.0715. The van der Waals surface area contributed by atoms with Crippen molar-refractivity contribution in [1.82, 2.24) is 4.90 Å². The molecule has 1 fully saturated rings. The van der Waals surface area contributed by atoms with Crippen LogP contribution in [0.5, 0.6) is 5.75 Å². The highest BCUT2D eigenvalue weighted by Crippen LogP contribution is 2.21. The molecule has 25 heavy (non-hydrogen) atoms. The molecule has 3 rings (SSSR count). The van der Waals surface area contributed by atoms with Gasteiger partial charge in [-0.25, -0.2) is 0 Å². The molecule has 2 aromatic carbocycles. The van der Waals surface area contributed by atoms with Gasteiger partial charge in [0.1, 0.15) is 5.75 Å². The number of methoxy groups -OCH3 is 1. The standard InChI is InChI=1S/C21H26N2O2/c1-15-6-9-18(13-16(15)2)22-19-5-4-12-23(14-19)21(24)17-7-10-20(25-3)11-8-17/h6-11,13,19,22H,4-5,12,14H2,1-3H3/t19-/m1/s1. The molecule has 1 saturated heterocycles. The Morgan fingerprint density at radius 1 is 1.12 bits per heavy atom. The van der Waals surface area contributed by atoms with Crippen molar-refractivity contribution in [2.75, 3.05) is 25.5 Å². The van der Waals surface area contributed by atoms with Gasteiger partial charge in [0.25, 0.3) is 5.91 Å². The number of anilines is 1. The summed E-state index contributed by atoms with van der Waals surface area (Å²) in [4.78, 5) is 14.7. The molecule has 1 aliphatic heterocycles. The molecule has 1 atom stereocenters. The zero-order valence-electron chi connectivity index (χ0n) is 15.2. The minimum absolute atomic E-state index is 0.0919. The van der Waals surface area contributed by atoms with E-state index in [0.29, 0.717) is 5.56 Å². The van der Waals surface area contributed by atoms with Crippen molar-refractivity contribution in [3.8, 4) is 5.75 Å². The molecule has 1 amide bonds. The molecule has 1 aliphatic rings. The Hall–Kier alpha value is -2.49. The number of amides is 1. The minimum Gasteiger partial charge on any atom is -0.497 e. The number of hydrogen-bond donors (Lipinski definition) is 1. The average Bonchev–Trinajstić information content (AvgIpc) is 2.64. The highest BCUT2D eigenvalue weighted by Gasteiger charge is 2.24. The van der Waals surface area contributed by atoms with Gasteiger partial charge in [-0.2, -0.15) is 0 Å². The predicted octanol–water partition coefficient (Wildman–Crippen LogP) is 4.03. The van der Waals surface area contributed by atoms with Gasteiger partial charge in [0, 0.05) is 30.4 Å². The fraction of sp³-hybridized carbons (Fsp3) is 0.381. The molecule has 4 nitrogen and oxygen atoms in total. The zero-order valence-corrected chi connectivity index (χ0v) is 15.2. The Bertz CT molecular complexity index is 740. The summed E-state index contributed by atoms with van der Waals surface area (Å²) in [5, 5.41) is 3.59. The fourth-order valence-electron chi connectivity index (χ4n) is 3.26. The number of carbonyl (C=O) groups is 1. The highest BCUT2D eigenvalue weighted by atomic mass is 16.5. The second-order valence-electron chi connectivity index (χ2n) is 6.76. The van der Waals surface area contributed by atoms with Crippen molar-refractivity contribution in [2.24, 2.45) is 0 Å². The number of aryl methyl sites for hydroxylation is 2. The largest absolute Gasteiger partial charge is 0.497 e. The van der Waals surface area contributed by atoms with E-state index < -0.39 is 0 Å². The van der Waals surface area contributed by atoms with Crippen LogP contribution in [0.1, 0.15) is 34.3 Å². The van der Waals surface area contributed by atoms with Crippen LogP contribution in [0.15, 0.2) is 42.5 Å². The molecule has 4 heteroatoms. The third kappa shape index (κ3) is 4.13. The monoisotopic (exact) mass is 338 g/mol. The van der Waals surface area contributed by atoms with Crippen LogP contribution in [0.2, 0.25) is 0 Å². The molecule has 0 unspecified atom stereocenters. The maximum atomic E-state index is 12.8. The van der Waals surface area contributed by atoms with E-state index in [-0.39, 0.29) is 11.9 Å². The molecular formula is C21H26N2O2. The fourth-order valence-corrected chi connectivity index (χ4v) is 3.26. The Morgan fingerprint density at radius 3 is 2.56 bits per heavy atom. The summed E-state index contributed by atoms with van der Waals surface area (Å²) >= 11 is 0. The zero-order chi connectivity index (χ0) is 17.8. The van der Waals surface area contributed by atoms with Crippen LogP contribution in [0.25, 0.3) is 0 Å². The molecule has 0 aliphatic carbocycles. The molecule has 132 valence electrons. The van der Waals surface area contributed by atoms with Crippen LogP contribution in [-0.2, 0) is 0 Å². The number of ether oxygens (including phenoxy) is 1. The summed E-state index contributed by atoms with van der Waals surface area (Å²) in [5.74, 6) is 0.860. The van der Waals surface area contributed by atoms with E-state index in [9.17, 15) is 4.79 Å². The maximum Gasteiger partial charge on any atom is 0.253 e. The van der Waals surface area contributed by atoms with E-state index >= 15 is 0 Å². The quantitative estimate of drug-likeness (QED) is 0.915. The molecule has 1 heterocycles. The lowest BCUT2D eigenvalue weighted by Gasteiger charge is -2.34. The van der Waals surface area contributed by atoms with Crippen LogP contribution < -0.4 is 10.1 Å². The molecule has 0 spiro atoms. The highest BCUT2D eigenvalue weighted by molar-refractivity contribution is 5.94. The first-order valence-electron chi connectivity index (χ1n) is 8.84. The number of nitrogens with one attached hydrogen (secondary N) is 1. The van der Waals surface area contributed by atoms with E-state index in [0.717, 1.165) is 37.4 Å². The van der Waals surface area contributed by atoms with Crippen molar-refractivity contribution < 1.29 is 9.53 Å². The Morgan fingerprint density at radius 2 is 1.88 bits per heavy atom. The number of piperidine rings is 1. The second kappa shape index (κ2) is 7.60. The normalized spacial score (nSPS) is 17.2. The van der Waals surface area contributed by atoms with Gasteiger partial charge < -0.3 is 15.0 Å². The molecule has 0 bridgehead atoms. The first-order chi connectivity index (χ1) is 12.1. The Labute approximate surface area is 149 Å². The molecule has 2 aromatic rings. The Balaban J connectivity index is 1.65. The number of hydrogen-bond acceptors (Lipinski definition) is 3. The summed E-state index contributed by atoms with van der Waals surface area (Å²) in [6.07, 6.45) is 2.10. The minimum atomic E-state index is 0.0919. The average molecular weight is 338 g/mol. The number of nitrogens with zero attached hydrogens (tertiary/aromatic N) is 1. The first kappa shape index (κ1) is 17.3. The van der Waals surface area contributed by atoms with Crippen LogP contribution in [0.3, 0.4) is 0 Å². The third-order valence-electron chi connectivity index (χ3n) is 4.92. The van der Waals surface area contributed by atoms with Gasteiger partial charge in [0.2, 0.25) is 0 Å². The van der Waals surface area contributed by atoms with Crippen molar-refractivity contribution in [1.29, 1.82) is 0 Å². The van der Waals surface area contributed by atoms with Crippen molar-refractivity contribution in [3.05, 3.63) is 59.2 Å². The summed E-state index contributed by atoms with van der Waals surface area (Å²) in [6, 6.07) is 14.1. The smallest absolute Gasteiger partial charge is 0.253 e. The number of benzene rings is 2. The van der Waals surface area contributed by atoms with Gasteiger partial charge >= 0.3 is 0 Å². The van der Waals surface area contributed by atoms with Crippen LogP contribution in [0.4, 0.5) is 5.69 Å². The molecule has 0 radical (unpaired) electrons. The van der Waals surface area contributed by atoms with Crippen LogP contribution in [0, 0.1) is 13.8 Å². The lowest BCUT2D eigenvalue weighted by Crippen LogP contribution is -2.45. The number of likely N-dealkylation sites (tertiary alicyclic amines) is 1. The number of carbonyl (C=O) groups excluding carboxylic acids is 1. The van der Waals surface area contributed by atoms with Gasteiger partial charge in [-0.3, -0.25) is 4.79 Å². The number of rotatable bonds is 4. The van der Waals surface area contributed by atoms with Gasteiger partial charge in [0.15, 0.2) is 0 Å². The SMILES string of the molecule is COc1ccc(C(=O)N2CCC[C@@H](Nc3ccc(C)c(C)c3)C2)cc1. The molecule has 1 N–H and O–H groups in total. The van der Waals surface area contributed by atoms with E-state index in [1.807, 2.05) is 29.2 Å². The van der Waals surface area contributed by atoms with Gasteiger partial charge in [-0.05, 0) is 74.2 Å². The van der Waals surface area contributed by atoms with E-state index in [1.165, 1.54) is 11.1 Å². The second-order valence-corrected chi connectivity index (χ2v) is 6.76. The topological polar surface area (TPSA) is 41.6 Å². The molecule has 0 saturated carbocycles. The summed E-state index contributed by atoms with van der Waals surface area (Å²) in [7, 11) is 1.63. The first-order valence-corrected chi connectivity index (χ1v) is 8.84. The van der Waals surface area contributed by atoms with E-state index in [1.54, 1.807) is 7.11 Å². The van der Waals surface area contributed by atoms with Crippen LogP contribution >= 0.6 is 0 Å². The van der Waals surface area contributed by atoms with Gasteiger partial charge in [0.05, 0.1) is 7.11 Å². The van der Waals surface area contributed by atoms with Crippen molar-refractivity contribution >= 4 is 11.6 Å². The Kier molecular flexibility index (Phi) is 5.27. The van der Waals surface area contributed by atoms with Crippen molar-refractivity contribution in [2.45, 2.75) is 32.7 Å². The molecular weight excluding hydrogens is 312 g/mol. The predicted molar refractivity (Wildman–Crippen MR) is 101 cm³/mol. The van der Waals surface area contributed by atoms with Gasteiger partial charge in [-0.15, -0.1) is 0 Å². The van der Waals surface area contributed by atoms with E-state index in [4.69, 9.17) is 4.74 Å². The third-order valence-corrected chi connectivity index (χ3v) is 4.92.